The molecule has 0 bridgehead atoms. The molecule has 0 radical (unpaired) electrons. The molecule has 0 fully saturated rings. The molecule has 6 heteroatoms. The SMILES string of the molecule is Cc1cc(NCc2ccc(F)c(C(F)(F)F)c2)ccc1O. The van der Waals surface area contributed by atoms with Gasteiger partial charge in [-0.15, -0.1) is 0 Å². The highest BCUT2D eigenvalue weighted by Crippen LogP contribution is 2.32. The predicted octanol–water partition coefficient (Wildman–Crippen LogP) is 4.47. The lowest BCUT2D eigenvalue weighted by atomic mass is 10.1. The summed E-state index contributed by atoms with van der Waals surface area (Å²) in [6, 6.07) is 7.66. The Morgan fingerprint density at radius 1 is 1.10 bits per heavy atom. The first-order valence-corrected chi connectivity index (χ1v) is 6.16. The van der Waals surface area contributed by atoms with Gasteiger partial charge in [-0.2, -0.15) is 13.2 Å². The van der Waals surface area contributed by atoms with Crippen molar-refractivity contribution in [2.75, 3.05) is 5.32 Å². The average molecular weight is 299 g/mol. The van der Waals surface area contributed by atoms with Gasteiger partial charge in [0, 0.05) is 12.2 Å². The number of alkyl halides is 3. The zero-order valence-corrected chi connectivity index (χ0v) is 11.1. The number of hydrogen-bond donors (Lipinski definition) is 2. The Morgan fingerprint density at radius 2 is 1.81 bits per heavy atom. The predicted molar refractivity (Wildman–Crippen MR) is 71.6 cm³/mol. The molecule has 0 atom stereocenters. The second-order valence-corrected chi connectivity index (χ2v) is 4.67. The zero-order valence-electron chi connectivity index (χ0n) is 11.1. The molecule has 0 aromatic heterocycles. The van der Waals surface area contributed by atoms with Gasteiger partial charge < -0.3 is 10.4 Å². The minimum Gasteiger partial charge on any atom is -0.508 e. The van der Waals surface area contributed by atoms with Crippen LogP contribution in [0.25, 0.3) is 0 Å². The average Bonchev–Trinajstić information content (AvgIpc) is 2.40. The maximum absolute atomic E-state index is 13.2. The van der Waals surface area contributed by atoms with Gasteiger partial charge in [-0.3, -0.25) is 0 Å². The molecule has 0 saturated heterocycles. The number of benzene rings is 2. The standard InChI is InChI=1S/C15H13F4NO/c1-9-6-11(3-5-14(9)21)20-8-10-2-4-13(16)12(7-10)15(17,18)19/h2-7,20-21H,8H2,1H3. The monoisotopic (exact) mass is 299 g/mol. The molecule has 0 amide bonds. The molecule has 112 valence electrons. The van der Waals surface area contributed by atoms with Crippen LogP contribution in [0.5, 0.6) is 5.75 Å². The third kappa shape index (κ3) is 3.65. The van der Waals surface area contributed by atoms with Crippen LogP contribution in [0.4, 0.5) is 23.2 Å². The summed E-state index contributed by atoms with van der Waals surface area (Å²) in [4.78, 5) is 0. The first-order chi connectivity index (χ1) is 9.77. The van der Waals surface area contributed by atoms with Crippen LogP contribution in [-0.4, -0.2) is 5.11 Å². The summed E-state index contributed by atoms with van der Waals surface area (Å²) >= 11 is 0. The van der Waals surface area contributed by atoms with Gasteiger partial charge in [0.1, 0.15) is 11.6 Å². The number of halogens is 4. The van der Waals surface area contributed by atoms with Gasteiger partial charge in [0.15, 0.2) is 0 Å². The fourth-order valence-corrected chi connectivity index (χ4v) is 1.87. The van der Waals surface area contributed by atoms with Crippen molar-refractivity contribution in [1.29, 1.82) is 0 Å². The third-order valence-corrected chi connectivity index (χ3v) is 3.03. The van der Waals surface area contributed by atoms with E-state index < -0.39 is 17.6 Å². The van der Waals surface area contributed by atoms with Gasteiger partial charge in [0.25, 0.3) is 0 Å². The van der Waals surface area contributed by atoms with Crippen molar-refractivity contribution in [2.45, 2.75) is 19.6 Å². The van der Waals surface area contributed by atoms with E-state index in [1.165, 1.54) is 12.1 Å². The number of aromatic hydroxyl groups is 1. The molecule has 0 aliphatic heterocycles. The number of hydrogen-bond acceptors (Lipinski definition) is 2. The lowest BCUT2D eigenvalue weighted by molar-refractivity contribution is -0.140. The molecule has 21 heavy (non-hydrogen) atoms. The fourth-order valence-electron chi connectivity index (χ4n) is 1.87. The molecule has 0 aliphatic carbocycles. The van der Waals surface area contributed by atoms with Gasteiger partial charge in [-0.1, -0.05) is 6.07 Å². The van der Waals surface area contributed by atoms with Crippen molar-refractivity contribution in [3.63, 3.8) is 0 Å². The van der Waals surface area contributed by atoms with E-state index in [4.69, 9.17) is 0 Å². The Kier molecular flexibility index (Phi) is 4.06. The Hall–Kier alpha value is -2.24. The first-order valence-electron chi connectivity index (χ1n) is 6.16. The second kappa shape index (κ2) is 5.63. The molecule has 2 aromatic rings. The van der Waals surface area contributed by atoms with Gasteiger partial charge in [-0.25, -0.2) is 4.39 Å². The summed E-state index contributed by atoms with van der Waals surface area (Å²) < 4.78 is 51.0. The minimum absolute atomic E-state index is 0.119. The Morgan fingerprint density at radius 3 is 2.43 bits per heavy atom. The van der Waals surface area contributed by atoms with Gasteiger partial charge in [0.2, 0.25) is 0 Å². The number of phenolic OH excluding ortho intramolecular Hbond substituents is 1. The van der Waals surface area contributed by atoms with Crippen LogP contribution in [0.1, 0.15) is 16.7 Å². The molecular weight excluding hydrogens is 286 g/mol. The number of anilines is 1. The van der Waals surface area contributed by atoms with E-state index in [9.17, 15) is 22.7 Å². The molecule has 2 rings (SSSR count). The maximum atomic E-state index is 13.2. The molecule has 0 unspecified atom stereocenters. The topological polar surface area (TPSA) is 32.3 Å². The maximum Gasteiger partial charge on any atom is 0.419 e. The number of nitrogens with one attached hydrogen (secondary N) is 1. The van der Waals surface area contributed by atoms with E-state index in [1.807, 2.05) is 0 Å². The van der Waals surface area contributed by atoms with Crippen molar-refractivity contribution in [1.82, 2.24) is 0 Å². The Balaban J connectivity index is 2.15. The lowest BCUT2D eigenvalue weighted by Gasteiger charge is -2.12. The van der Waals surface area contributed by atoms with E-state index in [0.29, 0.717) is 16.8 Å². The summed E-state index contributed by atoms with van der Waals surface area (Å²) in [5, 5.41) is 12.3. The van der Waals surface area contributed by atoms with Gasteiger partial charge in [0.05, 0.1) is 5.56 Å². The first kappa shape index (κ1) is 15.2. The third-order valence-electron chi connectivity index (χ3n) is 3.03. The van der Waals surface area contributed by atoms with Crippen LogP contribution in [0, 0.1) is 12.7 Å². The van der Waals surface area contributed by atoms with Crippen LogP contribution in [-0.2, 0) is 12.7 Å². The molecular formula is C15H13F4NO. The molecule has 0 saturated carbocycles. The van der Waals surface area contributed by atoms with Crippen LogP contribution in [0.2, 0.25) is 0 Å². The smallest absolute Gasteiger partial charge is 0.419 e. The minimum atomic E-state index is -4.71. The highest BCUT2D eigenvalue weighted by Gasteiger charge is 2.34. The van der Waals surface area contributed by atoms with Crippen LogP contribution < -0.4 is 5.32 Å². The Bertz CT molecular complexity index is 653. The molecule has 0 aliphatic rings. The quantitative estimate of drug-likeness (QED) is 0.647. The van der Waals surface area contributed by atoms with Crippen molar-refractivity contribution in [3.05, 3.63) is 58.9 Å². The summed E-state index contributed by atoms with van der Waals surface area (Å²) in [6.07, 6.45) is -4.71. The zero-order chi connectivity index (χ0) is 15.6. The molecule has 0 spiro atoms. The second-order valence-electron chi connectivity index (χ2n) is 4.67. The summed E-state index contributed by atoms with van der Waals surface area (Å²) in [5.74, 6) is -1.14. The van der Waals surface area contributed by atoms with E-state index in [1.54, 1.807) is 19.1 Å². The molecule has 2 aromatic carbocycles. The summed E-state index contributed by atoms with van der Waals surface area (Å²) in [5.41, 5.74) is 0.344. The van der Waals surface area contributed by atoms with E-state index in [2.05, 4.69) is 5.32 Å². The van der Waals surface area contributed by atoms with Crippen LogP contribution >= 0.6 is 0 Å². The van der Waals surface area contributed by atoms with E-state index in [-0.39, 0.29) is 12.3 Å². The van der Waals surface area contributed by atoms with Crippen LogP contribution in [0.3, 0.4) is 0 Å². The highest BCUT2D eigenvalue weighted by atomic mass is 19.4. The Labute approximate surface area is 119 Å². The molecule has 2 N–H and O–H groups in total. The van der Waals surface area contributed by atoms with Crippen molar-refractivity contribution < 1.29 is 22.7 Å². The summed E-state index contributed by atoms with van der Waals surface area (Å²) in [6.45, 7) is 1.83. The number of rotatable bonds is 3. The number of phenols is 1. The largest absolute Gasteiger partial charge is 0.508 e. The normalized spacial score (nSPS) is 11.5. The van der Waals surface area contributed by atoms with Crippen molar-refractivity contribution in [3.8, 4) is 5.75 Å². The van der Waals surface area contributed by atoms with Gasteiger partial charge in [-0.05, 0) is 48.4 Å². The lowest BCUT2D eigenvalue weighted by Crippen LogP contribution is -2.10. The van der Waals surface area contributed by atoms with Crippen molar-refractivity contribution in [2.24, 2.45) is 0 Å². The van der Waals surface area contributed by atoms with Crippen molar-refractivity contribution >= 4 is 5.69 Å². The highest BCUT2D eigenvalue weighted by molar-refractivity contribution is 5.50. The number of aryl methyl sites for hydroxylation is 1. The molecule has 0 heterocycles. The van der Waals surface area contributed by atoms with E-state index in [0.717, 1.165) is 12.1 Å². The fraction of sp³-hybridized carbons (Fsp3) is 0.200. The molecule has 2 nitrogen and oxygen atoms in total. The summed E-state index contributed by atoms with van der Waals surface area (Å²) in [7, 11) is 0. The van der Waals surface area contributed by atoms with Gasteiger partial charge >= 0.3 is 6.18 Å². The van der Waals surface area contributed by atoms with E-state index >= 15 is 0 Å². The van der Waals surface area contributed by atoms with Crippen LogP contribution in [0.15, 0.2) is 36.4 Å².